The normalized spacial score (nSPS) is 12.7. The number of benzene rings is 1. The van der Waals surface area contributed by atoms with Crippen LogP contribution in [0.5, 0.6) is 0 Å². The van der Waals surface area contributed by atoms with Crippen molar-refractivity contribution >= 4 is 5.69 Å². The van der Waals surface area contributed by atoms with Gasteiger partial charge in [-0.2, -0.15) is 0 Å². The summed E-state index contributed by atoms with van der Waals surface area (Å²) in [5.74, 6) is 0. The van der Waals surface area contributed by atoms with Gasteiger partial charge in [-0.1, -0.05) is 25.1 Å². The van der Waals surface area contributed by atoms with Crippen LogP contribution in [0.4, 0.5) is 5.69 Å². The first-order valence-corrected chi connectivity index (χ1v) is 7.69. The number of hydrogen-bond donors (Lipinski definition) is 1. The molecule has 1 rings (SSSR count). The standard InChI is InChI=1S/C17H30N2O/c1-6-11-18-15(4)16-9-7-8-10-17(16)19(14(2)3)12-13-20-5/h7-10,14-15,18H,6,11-13H2,1-5H3. The van der Waals surface area contributed by atoms with E-state index in [4.69, 9.17) is 4.74 Å². The van der Waals surface area contributed by atoms with E-state index >= 15 is 0 Å². The maximum atomic E-state index is 5.25. The lowest BCUT2D eigenvalue weighted by Gasteiger charge is -2.32. The van der Waals surface area contributed by atoms with Gasteiger partial charge >= 0.3 is 0 Å². The van der Waals surface area contributed by atoms with E-state index < -0.39 is 0 Å². The van der Waals surface area contributed by atoms with Gasteiger partial charge in [-0.25, -0.2) is 0 Å². The average Bonchev–Trinajstić information content (AvgIpc) is 2.45. The molecule has 0 amide bonds. The summed E-state index contributed by atoms with van der Waals surface area (Å²) >= 11 is 0. The molecular formula is C17H30N2O. The molecular weight excluding hydrogens is 248 g/mol. The predicted octanol–water partition coefficient (Wildman–Crippen LogP) is 3.61. The van der Waals surface area contributed by atoms with Gasteiger partial charge in [-0.3, -0.25) is 0 Å². The Balaban J connectivity index is 2.96. The predicted molar refractivity (Wildman–Crippen MR) is 87.5 cm³/mol. The summed E-state index contributed by atoms with van der Waals surface area (Å²) in [5.41, 5.74) is 2.68. The van der Waals surface area contributed by atoms with Crippen LogP contribution in [-0.4, -0.2) is 32.8 Å². The minimum absolute atomic E-state index is 0.370. The van der Waals surface area contributed by atoms with E-state index in [1.165, 1.54) is 11.3 Å². The van der Waals surface area contributed by atoms with Crippen molar-refractivity contribution in [3.63, 3.8) is 0 Å². The lowest BCUT2D eigenvalue weighted by Crippen LogP contribution is -2.35. The monoisotopic (exact) mass is 278 g/mol. The average molecular weight is 278 g/mol. The molecule has 0 spiro atoms. The number of nitrogens with zero attached hydrogens (tertiary/aromatic N) is 1. The number of methoxy groups -OCH3 is 1. The van der Waals surface area contributed by atoms with E-state index in [0.717, 1.165) is 26.1 Å². The Labute approximate surface area is 124 Å². The minimum atomic E-state index is 0.370. The molecule has 0 radical (unpaired) electrons. The maximum Gasteiger partial charge on any atom is 0.0637 e. The van der Waals surface area contributed by atoms with Crippen LogP contribution in [0, 0.1) is 0 Å². The first kappa shape index (κ1) is 17.0. The maximum absolute atomic E-state index is 5.25. The van der Waals surface area contributed by atoms with Gasteiger partial charge in [0.2, 0.25) is 0 Å². The number of anilines is 1. The number of rotatable bonds is 9. The lowest BCUT2D eigenvalue weighted by molar-refractivity contribution is 0.203. The summed E-state index contributed by atoms with van der Waals surface area (Å²) in [6.45, 7) is 11.6. The highest BCUT2D eigenvalue weighted by atomic mass is 16.5. The molecule has 114 valence electrons. The highest BCUT2D eigenvalue weighted by Crippen LogP contribution is 2.27. The molecule has 0 aliphatic heterocycles. The molecule has 1 N–H and O–H groups in total. The highest BCUT2D eigenvalue weighted by Gasteiger charge is 2.17. The van der Waals surface area contributed by atoms with Gasteiger partial charge in [0, 0.05) is 31.4 Å². The Morgan fingerprint density at radius 2 is 1.90 bits per heavy atom. The molecule has 0 saturated carbocycles. The van der Waals surface area contributed by atoms with E-state index in [2.05, 4.69) is 62.2 Å². The zero-order valence-corrected chi connectivity index (χ0v) is 13.6. The van der Waals surface area contributed by atoms with Gasteiger partial charge in [-0.05, 0) is 45.4 Å². The SMILES string of the molecule is CCCNC(C)c1ccccc1N(CCOC)C(C)C. The smallest absolute Gasteiger partial charge is 0.0637 e. The molecule has 0 heterocycles. The van der Waals surface area contributed by atoms with Crippen molar-refractivity contribution < 1.29 is 4.74 Å². The Kier molecular flexibility index (Phi) is 7.63. The van der Waals surface area contributed by atoms with Crippen molar-refractivity contribution in [2.75, 3.05) is 31.7 Å². The third-order valence-electron chi connectivity index (χ3n) is 3.57. The summed E-state index contributed by atoms with van der Waals surface area (Å²) in [6.07, 6.45) is 1.16. The molecule has 20 heavy (non-hydrogen) atoms. The van der Waals surface area contributed by atoms with Crippen molar-refractivity contribution in [2.45, 2.75) is 46.2 Å². The van der Waals surface area contributed by atoms with E-state index in [0.29, 0.717) is 12.1 Å². The quantitative estimate of drug-likeness (QED) is 0.747. The number of nitrogens with one attached hydrogen (secondary N) is 1. The van der Waals surface area contributed by atoms with Crippen LogP contribution in [0.3, 0.4) is 0 Å². The van der Waals surface area contributed by atoms with Gasteiger partial charge in [0.25, 0.3) is 0 Å². The molecule has 1 aromatic rings. The van der Waals surface area contributed by atoms with Gasteiger partial charge < -0.3 is 15.0 Å². The molecule has 0 aliphatic carbocycles. The van der Waals surface area contributed by atoms with Gasteiger partial charge in [0.15, 0.2) is 0 Å². The summed E-state index contributed by atoms with van der Waals surface area (Å²) in [7, 11) is 1.76. The fourth-order valence-corrected chi connectivity index (χ4v) is 2.43. The second-order valence-electron chi connectivity index (χ2n) is 5.51. The van der Waals surface area contributed by atoms with Crippen LogP contribution >= 0.6 is 0 Å². The first-order valence-electron chi connectivity index (χ1n) is 7.69. The van der Waals surface area contributed by atoms with Crippen molar-refractivity contribution in [3.05, 3.63) is 29.8 Å². The third-order valence-corrected chi connectivity index (χ3v) is 3.57. The van der Waals surface area contributed by atoms with E-state index in [1.807, 2.05) is 0 Å². The fraction of sp³-hybridized carbons (Fsp3) is 0.647. The van der Waals surface area contributed by atoms with Crippen LogP contribution in [0.15, 0.2) is 24.3 Å². The molecule has 1 unspecified atom stereocenters. The van der Waals surface area contributed by atoms with Crippen LogP contribution < -0.4 is 10.2 Å². The number of ether oxygens (including phenoxy) is 1. The summed E-state index contributed by atoms with van der Waals surface area (Å²) in [4.78, 5) is 2.42. The number of para-hydroxylation sites is 1. The highest BCUT2D eigenvalue weighted by molar-refractivity contribution is 5.55. The third kappa shape index (κ3) is 4.80. The van der Waals surface area contributed by atoms with Crippen molar-refractivity contribution in [1.82, 2.24) is 5.32 Å². The summed E-state index contributed by atoms with van der Waals surface area (Å²) in [6, 6.07) is 9.52. The Hall–Kier alpha value is -1.06. The first-order chi connectivity index (χ1) is 9.61. The lowest BCUT2D eigenvalue weighted by atomic mass is 10.0. The van der Waals surface area contributed by atoms with E-state index in [-0.39, 0.29) is 0 Å². The Bertz CT molecular complexity index is 379. The minimum Gasteiger partial charge on any atom is -0.383 e. The van der Waals surface area contributed by atoms with Crippen LogP contribution in [0.2, 0.25) is 0 Å². The van der Waals surface area contributed by atoms with Crippen LogP contribution in [0.25, 0.3) is 0 Å². The van der Waals surface area contributed by atoms with E-state index in [9.17, 15) is 0 Å². The zero-order chi connectivity index (χ0) is 15.0. The molecule has 0 fully saturated rings. The molecule has 0 saturated heterocycles. The molecule has 3 nitrogen and oxygen atoms in total. The molecule has 0 aliphatic rings. The largest absolute Gasteiger partial charge is 0.383 e. The second kappa shape index (κ2) is 8.98. The molecule has 1 aromatic carbocycles. The second-order valence-corrected chi connectivity index (χ2v) is 5.51. The fourth-order valence-electron chi connectivity index (χ4n) is 2.43. The summed E-state index contributed by atoms with van der Waals surface area (Å²) < 4.78 is 5.25. The van der Waals surface area contributed by atoms with E-state index in [1.54, 1.807) is 7.11 Å². The van der Waals surface area contributed by atoms with Gasteiger partial charge in [0.1, 0.15) is 0 Å². The van der Waals surface area contributed by atoms with Crippen molar-refractivity contribution in [3.8, 4) is 0 Å². The van der Waals surface area contributed by atoms with Crippen LogP contribution in [-0.2, 0) is 4.74 Å². The molecule has 3 heteroatoms. The van der Waals surface area contributed by atoms with Crippen molar-refractivity contribution in [2.24, 2.45) is 0 Å². The van der Waals surface area contributed by atoms with Crippen LogP contribution in [0.1, 0.15) is 45.7 Å². The number of hydrogen-bond acceptors (Lipinski definition) is 3. The Morgan fingerprint density at radius 1 is 1.20 bits per heavy atom. The Morgan fingerprint density at radius 3 is 2.50 bits per heavy atom. The van der Waals surface area contributed by atoms with Crippen molar-refractivity contribution in [1.29, 1.82) is 0 Å². The molecule has 1 atom stereocenters. The topological polar surface area (TPSA) is 24.5 Å². The zero-order valence-electron chi connectivity index (χ0n) is 13.6. The van der Waals surface area contributed by atoms with Gasteiger partial charge in [0.05, 0.1) is 6.61 Å². The molecule has 0 bridgehead atoms. The van der Waals surface area contributed by atoms with Gasteiger partial charge in [-0.15, -0.1) is 0 Å². The molecule has 0 aromatic heterocycles. The summed E-state index contributed by atoms with van der Waals surface area (Å²) in [5, 5.41) is 3.58.